The van der Waals surface area contributed by atoms with Crippen molar-refractivity contribution in [1.29, 1.82) is 0 Å². The Morgan fingerprint density at radius 1 is 0.974 bits per heavy atom. The third kappa shape index (κ3) is 6.61. The maximum Gasteiger partial charge on any atom is 0.325 e. The minimum absolute atomic E-state index is 0.0238. The van der Waals surface area contributed by atoms with E-state index in [9.17, 15) is 4.79 Å². The van der Waals surface area contributed by atoms with Crippen LogP contribution in [0.4, 0.5) is 10.5 Å². The molecule has 2 aromatic carbocycles. The first-order valence-electron chi connectivity index (χ1n) is 13.9. The van der Waals surface area contributed by atoms with Gasteiger partial charge in [0.15, 0.2) is 11.5 Å². The molecule has 5 rings (SSSR count). The van der Waals surface area contributed by atoms with E-state index in [-0.39, 0.29) is 12.1 Å². The van der Waals surface area contributed by atoms with Crippen LogP contribution in [0, 0.1) is 5.92 Å². The molecular formula is C31H38N4O4. The fraction of sp³-hybridized carbons (Fsp3) is 0.452. The Bertz CT molecular complexity index is 1260. The number of hydrogen-bond acceptors (Lipinski definition) is 6. The number of nitrogens with zero attached hydrogens (tertiary/aromatic N) is 4. The standard InChI is InChI=1S/C31H38N4O4/c1-22-12-15-34(27-10-11-28(37-2)30(19-27)39-16-4-5-23-6-7-23)31(36)35(22)21-25-9-8-24(18-29(25)38-3)17-26-20-32-13-14-33-26/h8-11,13-14,18-20,22-23H,4-7,12,15-17,21H2,1-3H3/t22-/m0/s1. The van der Waals surface area contributed by atoms with Crippen LogP contribution in [0.3, 0.4) is 0 Å². The second-order valence-corrected chi connectivity index (χ2v) is 10.5. The first kappa shape index (κ1) is 26.8. The normalized spacial score (nSPS) is 17.3. The molecule has 2 amide bonds. The molecule has 2 aliphatic rings. The second-order valence-electron chi connectivity index (χ2n) is 10.5. The molecule has 0 spiro atoms. The Kier molecular flexibility index (Phi) is 8.49. The van der Waals surface area contributed by atoms with Crippen molar-refractivity contribution in [3.8, 4) is 17.2 Å². The van der Waals surface area contributed by atoms with Gasteiger partial charge in [-0.1, -0.05) is 25.0 Å². The van der Waals surface area contributed by atoms with Crippen LogP contribution in [0.25, 0.3) is 0 Å². The number of aromatic nitrogens is 2. The molecule has 0 radical (unpaired) electrons. The quantitative estimate of drug-likeness (QED) is 0.273. The van der Waals surface area contributed by atoms with E-state index in [0.29, 0.717) is 37.6 Å². The number of carbonyl (C=O) groups excluding carboxylic acids is 1. The van der Waals surface area contributed by atoms with Gasteiger partial charge in [0.1, 0.15) is 5.75 Å². The molecule has 1 saturated heterocycles. The number of ether oxygens (including phenoxy) is 3. The van der Waals surface area contributed by atoms with Crippen molar-refractivity contribution in [2.24, 2.45) is 5.92 Å². The summed E-state index contributed by atoms with van der Waals surface area (Å²) in [6.07, 6.45) is 11.6. The number of hydrogen-bond donors (Lipinski definition) is 0. The van der Waals surface area contributed by atoms with E-state index in [2.05, 4.69) is 23.0 Å². The van der Waals surface area contributed by atoms with E-state index in [1.54, 1.807) is 32.8 Å². The molecule has 1 aliphatic carbocycles. The smallest absolute Gasteiger partial charge is 0.325 e. The van der Waals surface area contributed by atoms with Gasteiger partial charge in [0, 0.05) is 54.9 Å². The highest BCUT2D eigenvalue weighted by Crippen LogP contribution is 2.36. The zero-order valence-corrected chi connectivity index (χ0v) is 23.1. The molecule has 206 valence electrons. The fourth-order valence-corrected chi connectivity index (χ4v) is 5.12. The van der Waals surface area contributed by atoms with Crippen molar-refractivity contribution in [3.63, 3.8) is 0 Å². The van der Waals surface area contributed by atoms with Crippen molar-refractivity contribution >= 4 is 11.7 Å². The van der Waals surface area contributed by atoms with Gasteiger partial charge in [0.2, 0.25) is 0 Å². The Hall–Kier alpha value is -3.81. The van der Waals surface area contributed by atoms with Gasteiger partial charge >= 0.3 is 6.03 Å². The third-order valence-corrected chi connectivity index (χ3v) is 7.64. The predicted molar refractivity (Wildman–Crippen MR) is 151 cm³/mol. The van der Waals surface area contributed by atoms with E-state index in [1.807, 2.05) is 40.1 Å². The molecule has 3 aromatic rings. The average Bonchev–Trinajstić information content (AvgIpc) is 3.79. The van der Waals surface area contributed by atoms with E-state index in [4.69, 9.17) is 14.2 Å². The monoisotopic (exact) mass is 530 g/mol. The molecular weight excluding hydrogens is 492 g/mol. The lowest BCUT2D eigenvalue weighted by Crippen LogP contribution is -2.53. The van der Waals surface area contributed by atoms with Gasteiger partial charge in [-0.2, -0.15) is 0 Å². The summed E-state index contributed by atoms with van der Waals surface area (Å²) >= 11 is 0. The van der Waals surface area contributed by atoms with Gasteiger partial charge in [-0.25, -0.2) is 4.79 Å². The Morgan fingerprint density at radius 3 is 2.56 bits per heavy atom. The van der Waals surface area contributed by atoms with Crippen molar-refractivity contribution in [2.45, 2.75) is 58.0 Å². The molecule has 8 heteroatoms. The summed E-state index contributed by atoms with van der Waals surface area (Å²) in [5.41, 5.74) is 3.77. The van der Waals surface area contributed by atoms with Gasteiger partial charge in [0.05, 0.1) is 33.1 Å². The summed E-state index contributed by atoms with van der Waals surface area (Å²) in [6.45, 7) is 3.87. The summed E-state index contributed by atoms with van der Waals surface area (Å²) in [5.74, 6) is 3.02. The van der Waals surface area contributed by atoms with E-state index in [1.165, 1.54) is 19.3 Å². The molecule has 39 heavy (non-hydrogen) atoms. The van der Waals surface area contributed by atoms with Crippen LogP contribution in [0.1, 0.15) is 55.8 Å². The maximum atomic E-state index is 13.8. The van der Waals surface area contributed by atoms with Gasteiger partial charge in [-0.3, -0.25) is 14.9 Å². The second kappa shape index (κ2) is 12.4. The minimum atomic E-state index is -0.0238. The van der Waals surface area contributed by atoms with E-state index >= 15 is 0 Å². The molecule has 0 unspecified atom stereocenters. The minimum Gasteiger partial charge on any atom is -0.496 e. The van der Waals surface area contributed by atoms with Crippen molar-refractivity contribution < 1.29 is 19.0 Å². The number of carbonyl (C=O) groups is 1. The van der Waals surface area contributed by atoms with Crippen molar-refractivity contribution in [1.82, 2.24) is 14.9 Å². The molecule has 8 nitrogen and oxygen atoms in total. The van der Waals surface area contributed by atoms with Crippen LogP contribution in [-0.2, 0) is 13.0 Å². The molecule has 1 aliphatic heterocycles. The van der Waals surface area contributed by atoms with Gasteiger partial charge in [0.25, 0.3) is 0 Å². The van der Waals surface area contributed by atoms with Gasteiger partial charge < -0.3 is 19.1 Å². The molecule has 1 saturated carbocycles. The number of benzene rings is 2. The predicted octanol–water partition coefficient (Wildman–Crippen LogP) is 5.87. The highest BCUT2D eigenvalue weighted by molar-refractivity contribution is 5.93. The molecule has 1 atom stereocenters. The highest BCUT2D eigenvalue weighted by Gasteiger charge is 2.32. The number of urea groups is 1. The highest BCUT2D eigenvalue weighted by atomic mass is 16.5. The lowest BCUT2D eigenvalue weighted by molar-refractivity contribution is 0.165. The van der Waals surface area contributed by atoms with E-state index < -0.39 is 0 Å². The zero-order chi connectivity index (χ0) is 27.2. The SMILES string of the molecule is COc1cc(Cc2cnccn2)ccc1CN1C(=O)N(c2ccc(OC)c(OCCCC3CC3)c2)CC[C@@H]1C. The zero-order valence-electron chi connectivity index (χ0n) is 23.1. The summed E-state index contributed by atoms with van der Waals surface area (Å²) in [7, 11) is 3.32. The first-order valence-corrected chi connectivity index (χ1v) is 13.9. The van der Waals surface area contributed by atoms with Crippen LogP contribution in [-0.4, -0.2) is 54.3 Å². The third-order valence-electron chi connectivity index (χ3n) is 7.64. The summed E-state index contributed by atoms with van der Waals surface area (Å²) in [5, 5.41) is 0. The summed E-state index contributed by atoms with van der Waals surface area (Å²) in [4.78, 5) is 26.1. The van der Waals surface area contributed by atoms with Crippen LogP contribution < -0.4 is 19.1 Å². The van der Waals surface area contributed by atoms with Crippen LogP contribution in [0.2, 0.25) is 0 Å². The molecule has 0 N–H and O–H groups in total. The topological polar surface area (TPSA) is 77.0 Å². The average molecular weight is 531 g/mol. The van der Waals surface area contributed by atoms with Gasteiger partial charge in [-0.15, -0.1) is 0 Å². The number of amides is 2. The largest absolute Gasteiger partial charge is 0.496 e. The van der Waals surface area contributed by atoms with E-state index in [0.717, 1.165) is 47.0 Å². The van der Waals surface area contributed by atoms with Gasteiger partial charge in [-0.05, 0) is 55.9 Å². The lowest BCUT2D eigenvalue weighted by Gasteiger charge is -2.40. The molecule has 2 heterocycles. The molecule has 2 fully saturated rings. The molecule has 1 aromatic heterocycles. The van der Waals surface area contributed by atoms with Crippen molar-refractivity contribution in [3.05, 3.63) is 71.8 Å². The maximum absolute atomic E-state index is 13.8. The number of anilines is 1. The van der Waals surface area contributed by atoms with Crippen LogP contribution in [0.5, 0.6) is 17.2 Å². The Labute approximate surface area is 230 Å². The fourth-order valence-electron chi connectivity index (χ4n) is 5.12. The molecule has 0 bridgehead atoms. The van der Waals surface area contributed by atoms with Crippen molar-refractivity contribution in [2.75, 3.05) is 32.3 Å². The number of rotatable bonds is 12. The summed E-state index contributed by atoms with van der Waals surface area (Å²) in [6, 6.07) is 12.0. The first-order chi connectivity index (χ1) is 19.1. The van der Waals surface area contributed by atoms with Crippen LogP contribution >= 0.6 is 0 Å². The Balaban J connectivity index is 1.29. The Morgan fingerprint density at radius 2 is 1.82 bits per heavy atom. The lowest BCUT2D eigenvalue weighted by atomic mass is 10.0. The van der Waals surface area contributed by atoms with Crippen LogP contribution in [0.15, 0.2) is 55.0 Å². The number of methoxy groups -OCH3 is 2. The summed E-state index contributed by atoms with van der Waals surface area (Å²) < 4.78 is 17.4.